The lowest BCUT2D eigenvalue weighted by molar-refractivity contribution is -0.0198. The maximum absolute atomic E-state index is 13.0. The molecule has 1 atom stereocenters. The van der Waals surface area contributed by atoms with E-state index in [2.05, 4.69) is 4.90 Å². The highest BCUT2D eigenvalue weighted by Gasteiger charge is 2.43. The normalized spacial score (nSPS) is 27.5. The summed E-state index contributed by atoms with van der Waals surface area (Å²) in [7, 11) is 0. The molecule has 4 heteroatoms. The van der Waals surface area contributed by atoms with Crippen LogP contribution in [0.15, 0.2) is 24.3 Å². The van der Waals surface area contributed by atoms with Crippen molar-refractivity contribution in [2.24, 2.45) is 5.92 Å². The molecule has 1 spiro atoms. The third-order valence-electron chi connectivity index (χ3n) is 5.31. The first-order chi connectivity index (χ1) is 10.7. The number of hydrogen-bond acceptors (Lipinski definition) is 3. The van der Waals surface area contributed by atoms with Crippen molar-refractivity contribution < 1.29 is 13.9 Å². The largest absolute Gasteiger partial charge is 0.375 e. The Balaban J connectivity index is 1.30. The Morgan fingerprint density at radius 2 is 1.91 bits per heavy atom. The lowest BCUT2D eigenvalue weighted by Gasteiger charge is -2.39. The molecule has 0 bridgehead atoms. The van der Waals surface area contributed by atoms with Gasteiger partial charge in [0.05, 0.1) is 18.3 Å². The quantitative estimate of drug-likeness (QED) is 0.851. The summed E-state index contributed by atoms with van der Waals surface area (Å²) in [6.45, 7) is 3.62. The van der Waals surface area contributed by atoms with Crippen LogP contribution < -0.4 is 4.90 Å². The molecule has 0 N–H and O–H groups in total. The molecule has 2 saturated heterocycles. The molecule has 1 unspecified atom stereocenters. The highest BCUT2D eigenvalue weighted by molar-refractivity contribution is 5.46. The third-order valence-corrected chi connectivity index (χ3v) is 5.31. The molecule has 2 heterocycles. The average molecular weight is 305 g/mol. The number of rotatable bonds is 4. The van der Waals surface area contributed by atoms with E-state index in [0.29, 0.717) is 0 Å². The zero-order chi connectivity index (χ0) is 15.0. The van der Waals surface area contributed by atoms with Crippen LogP contribution in [0.4, 0.5) is 10.1 Å². The van der Waals surface area contributed by atoms with E-state index < -0.39 is 0 Å². The molecule has 120 valence electrons. The van der Waals surface area contributed by atoms with Gasteiger partial charge in [-0.05, 0) is 55.9 Å². The molecule has 3 aliphatic rings. The second-order valence-corrected chi connectivity index (χ2v) is 7.06. The summed E-state index contributed by atoms with van der Waals surface area (Å²) in [5.41, 5.74) is 1.13. The second kappa shape index (κ2) is 5.82. The molecule has 1 aliphatic carbocycles. The number of hydrogen-bond donors (Lipinski definition) is 0. The molecule has 1 aromatic carbocycles. The van der Waals surface area contributed by atoms with Gasteiger partial charge in [-0.25, -0.2) is 4.39 Å². The average Bonchev–Trinajstić information content (AvgIpc) is 3.29. The Kier molecular flexibility index (Phi) is 3.82. The number of piperidine rings is 1. The lowest BCUT2D eigenvalue weighted by atomic mass is 9.87. The Bertz CT molecular complexity index is 506. The van der Waals surface area contributed by atoms with Crippen LogP contribution in [0.25, 0.3) is 0 Å². The fraction of sp³-hybridized carbons (Fsp3) is 0.667. The zero-order valence-electron chi connectivity index (χ0n) is 13.0. The van der Waals surface area contributed by atoms with Crippen LogP contribution >= 0.6 is 0 Å². The summed E-state index contributed by atoms with van der Waals surface area (Å²) in [5, 5.41) is 0. The van der Waals surface area contributed by atoms with Gasteiger partial charge in [-0.2, -0.15) is 0 Å². The van der Waals surface area contributed by atoms with Crippen LogP contribution in [0.1, 0.15) is 32.1 Å². The Morgan fingerprint density at radius 1 is 1.18 bits per heavy atom. The van der Waals surface area contributed by atoms with Crippen molar-refractivity contribution in [2.75, 3.05) is 31.2 Å². The van der Waals surface area contributed by atoms with Gasteiger partial charge in [-0.3, -0.25) is 0 Å². The van der Waals surface area contributed by atoms with E-state index in [1.807, 2.05) is 12.1 Å². The first kappa shape index (κ1) is 14.5. The SMILES string of the molecule is Fc1ccc(N2CCC3(CC2)CC(OCC2CC2)CO3)cc1. The van der Waals surface area contributed by atoms with Crippen molar-refractivity contribution in [3.05, 3.63) is 30.1 Å². The van der Waals surface area contributed by atoms with Crippen molar-refractivity contribution in [2.45, 2.75) is 43.8 Å². The predicted octanol–water partition coefficient (Wildman–Crippen LogP) is 3.38. The van der Waals surface area contributed by atoms with E-state index in [1.54, 1.807) is 0 Å². The molecule has 3 fully saturated rings. The minimum Gasteiger partial charge on any atom is -0.375 e. The summed E-state index contributed by atoms with van der Waals surface area (Å²) in [6.07, 6.45) is 6.08. The number of ether oxygens (including phenoxy) is 2. The minimum absolute atomic E-state index is 0.0186. The van der Waals surface area contributed by atoms with E-state index in [4.69, 9.17) is 9.47 Å². The second-order valence-electron chi connectivity index (χ2n) is 7.06. The zero-order valence-corrected chi connectivity index (χ0v) is 13.0. The molecule has 2 aliphatic heterocycles. The van der Waals surface area contributed by atoms with E-state index in [0.717, 1.165) is 57.2 Å². The lowest BCUT2D eigenvalue weighted by Crippen LogP contribution is -2.44. The Morgan fingerprint density at radius 3 is 2.59 bits per heavy atom. The van der Waals surface area contributed by atoms with E-state index in [9.17, 15) is 4.39 Å². The van der Waals surface area contributed by atoms with Crippen LogP contribution in [0.2, 0.25) is 0 Å². The first-order valence-corrected chi connectivity index (χ1v) is 8.49. The van der Waals surface area contributed by atoms with Gasteiger partial charge in [0.25, 0.3) is 0 Å². The van der Waals surface area contributed by atoms with Crippen molar-refractivity contribution in [3.63, 3.8) is 0 Å². The molecule has 3 nitrogen and oxygen atoms in total. The third kappa shape index (κ3) is 3.13. The topological polar surface area (TPSA) is 21.7 Å². The highest BCUT2D eigenvalue weighted by Crippen LogP contribution is 2.39. The van der Waals surface area contributed by atoms with Gasteiger partial charge in [0.1, 0.15) is 5.82 Å². The minimum atomic E-state index is -0.174. The predicted molar refractivity (Wildman–Crippen MR) is 83.6 cm³/mol. The summed E-state index contributed by atoms with van der Waals surface area (Å²) in [4.78, 5) is 2.33. The standard InChI is InChI=1S/C18H24FNO2/c19-15-3-5-16(6-4-15)20-9-7-18(8-10-20)11-17(13-22-18)21-12-14-1-2-14/h3-6,14,17H,1-2,7-13H2. The van der Waals surface area contributed by atoms with E-state index >= 15 is 0 Å². The molecule has 1 saturated carbocycles. The molecule has 22 heavy (non-hydrogen) atoms. The van der Waals surface area contributed by atoms with Gasteiger partial charge in [-0.1, -0.05) is 0 Å². The van der Waals surface area contributed by atoms with Crippen LogP contribution in [0, 0.1) is 11.7 Å². The van der Waals surface area contributed by atoms with Gasteiger partial charge < -0.3 is 14.4 Å². The van der Waals surface area contributed by atoms with Gasteiger partial charge in [-0.15, -0.1) is 0 Å². The molecule has 0 aromatic heterocycles. The maximum atomic E-state index is 13.0. The molecule has 0 radical (unpaired) electrons. The van der Waals surface area contributed by atoms with Gasteiger partial charge in [0.2, 0.25) is 0 Å². The number of benzene rings is 1. The Hall–Kier alpha value is -1.13. The van der Waals surface area contributed by atoms with Crippen molar-refractivity contribution in [1.29, 1.82) is 0 Å². The van der Waals surface area contributed by atoms with E-state index in [1.165, 1.54) is 25.0 Å². The van der Waals surface area contributed by atoms with E-state index in [-0.39, 0.29) is 17.5 Å². The molecule has 0 amide bonds. The van der Waals surface area contributed by atoms with Crippen molar-refractivity contribution >= 4 is 5.69 Å². The Labute approximate surface area is 131 Å². The van der Waals surface area contributed by atoms with Gasteiger partial charge in [0.15, 0.2) is 0 Å². The van der Waals surface area contributed by atoms with Gasteiger partial charge in [0, 0.05) is 31.8 Å². The fourth-order valence-corrected chi connectivity index (χ4v) is 3.64. The molecular weight excluding hydrogens is 281 g/mol. The van der Waals surface area contributed by atoms with Gasteiger partial charge >= 0.3 is 0 Å². The molecular formula is C18H24FNO2. The number of anilines is 1. The van der Waals surface area contributed by atoms with Crippen LogP contribution in [0.3, 0.4) is 0 Å². The number of halogens is 1. The smallest absolute Gasteiger partial charge is 0.123 e. The molecule has 1 aromatic rings. The van der Waals surface area contributed by atoms with Crippen LogP contribution in [0.5, 0.6) is 0 Å². The highest BCUT2D eigenvalue weighted by atomic mass is 19.1. The summed E-state index contributed by atoms with van der Waals surface area (Å²) < 4.78 is 25.2. The fourth-order valence-electron chi connectivity index (χ4n) is 3.64. The summed E-state index contributed by atoms with van der Waals surface area (Å²) in [6, 6.07) is 6.80. The van der Waals surface area contributed by atoms with Crippen LogP contribution in [-0.2, 0) is 9.47 Å². The maximum Gasteiger partial charge on any atom is 0.123 e. The van der Waals surface area contributed by atoms with Crippen molar-refractivity contribution in [1.82, 2.24) is 0 Å². The number of nitrogens with zero attached hydrogens (tertiary/aromatic N) is 1. The molecule has 4 rings (SSSR count). The van der Waals surface area contributed by atoms with Crippen LogP contribution in [-0.4, -0.2) is 38.0 Å². The monoisotopic (exact) mass is 305 g/mol. The first-order valence-electron chi connectivity index (χ1n) is 8.49. The summed E-state index contributed by atoms with van der Waals surface area (Å²) >= 11 is 0. The summed E-state index contributed by atoms with van der Waals surface area (Å²) in [5.74, 6) is 0.642. The van der Waals surface area contributed by atoms with Crippen molar-refractivity contribution in [3.8, 4) is 0 Å².